The molecule has 5 heteroatoms. The van der Waals surface area contributed by atoms with Crippen molar-refractivity contribution in [3.05, 3.63) is 58.6 Å². The number of aryl methyl sites for hydroxylation is 1. The van der Waals surface area contributed by atoms with Gasteiger partial charge < -0.3 is 15.1 Å². The lowest BCUT2D eigenvalue weighted by atomic mass is 10.00. The highest BCUT2D eigenvalue weighted by molar-refractivity contribution is 6.34. The molecule has 0 bridgehead atoms. The van der Waals surface area contributed by atoms with Crippen LogP contribution in [0.2, 0.25) is 5.02 Å². The first kappa shape index (κ1) is 23.3. The van der Waals surface area contributed by atoms with Gasteiger partial charge in [-0.05, 0) is 95.0 Å². The van der Waals surface area contributed by atoms with E-state index in [0.717, 1.165) is 30.1 Å². The smallest absolute Gasteiger partial charge is 0.252 e. The number of nitrogens with zero attached hydrogens (tertiary/aromatic N) is 2. The number of piperidine rings is 2. The summed E-state index contributed by atoms with van der Waals surface area (Å²) in [6.07, 6.45) is 7.70. The van der Waals surface area contributed by atoms with E-state index < -0.39 is 0 Å². The van der Waals surface area contributed by atoms with E-state index in [1.165, 1.54) is 63.8 Å². The van der Waals surface area contributed by atoms with Gasteiger partial charge in [-0.2, -0.15) is 0 Å². The van der Waals surface area contributed by atoms with Gasteiger partial charge in [-0.1, -0.05) is 53.9 Å². The fourth-order valence-electron chi connectivity index (χ4n) is 5.02. The molecule has 2 heterocycles. The van der Waals surface area contributed by atoms with Gasteiger partial charge in [0.1, 0.15) is 0 Å². The van der Waals surface area contributed by atoms with Crippen molar-refractivity contribution in [2.24, 2.45) is 0 Å². The largest absolute Gasteiger partial charge is 0.352 e. The molecule has 32 heavy (non-hydrogen) atoms. The molecule has 4 nitrogen and oxygen atoms in total. The zero-order valence-electron chi connectivity index (χ0n) is 19.3. The maximum Gasteiger partial charge on any atom is 0.252 e. The molecule has 0 radical (unpaired) electrons. The number of nitrogens with one attached hydrogen (secondary N) is 1. The van der Waals surface area contributed by atoms with Crippen LogP contribution in [0.5, 0.6) is 0 Å². The lowest BCUT2D eigenvalue weighted by molar-refractivity contribution is 0.0903. The minimum absolute atomic E-state index is 0.0886. The number of carbonyl (C=O) groups excluding carboxylic acids is 1. The highest BCUT2D eigenvalue weighted by Gasteiger charge is 2.25. The van der Waals surface area contributed by atoms with E-state index >= 15 is 0 Å². The Labute approximate surface area is 197 Å². The lowest BCUT2D eigenvalue weighted by Gasteiger charge is -2.40. The van der Waals surface area contributed by atoms with Crippen LogP contribution in [0.15, 0.2) is 42.5 Å². The summed E-state index contributed by atoms with van der Waals surface area (Å²) < 4.78 is 0. The van der Waals surface area contributed by atoms with Crippen LogP contribution in [0, 0.1) is 6.92 Å². The number of likely N-dealkylation sites (tertiary alicyclic amines) is 2. The number of carbonyl (C=O) groups is 1. The van der Waals surface area contributed by atoms with Gasteiger partial charge >= 0.3 is 0 Å². The van der Waals surface area contributed by atoms with Crippen molar-refractivity contribution >= 4 is 17.5 Å². The maximum absolute atomic E-state index is 12.6. The summed E-state index contributed by atoms with van der Waals surface area (Å²) in [4.78, 5) is 17.9. The predicted molar refractivity (Wildman–Crippen MR) is 133 cm³/mol. The van der Waals surface area contributed by atoms with Crippen LogP contribution >= 0.6 is 11.6 Å². The molecule has 2 aliphatic heterocycles. The Balaban J connectivity index is 1.19. The fourth-order valence-corrected chi connectivity index (χ4v) is 5.28. The lowest BCUT2D eigenvalue weighted by Crippen LogP contribution is -2.47. The van der Waals surface area contributed by atoms with Gasteiger partial charge in [0.2, 0.25) is 0 Å². The Bertz CT molecular complexity index is 884. The van der Waals surface area contributed by atoms with Crippen molar-refractivity contribution in [3.63, 3.8) is 0 Å². The van der Waals surface area contributed by atoms with Gasteiger partial charge in [-0.15, -0.1) is 0 Å². The molecule has 2 aromatic rings. The molecule has 2 aromatic carbocycles. The van der Waals surface area contributed by atoms with E-state index in [4.69, 9.17) is 11.6 Å². The molecule has 2 fully saturated rings. The second-order valence-electron chi connectivity index (χ2n) is 9.34. The molecule has 0 spiro atoms. The van der Waals surface area contributed by atoms with E-state index in [-0.39, 0.29) is 5.91 Å². The maximum atomic E-state index is 12.6. The Hall–Kier alpha value is -1.88. The highest BCUT2D eigenvalue weighted by Crippen LogP contribution is 2.26. The number of hydrogen-bond acceptors (Lipinski definition) is 3. The molecule has 0 aliphatic carbocycles. The monoisotopic (exact) mass is 453 g/mol. The fraction of sp³-hybridized carbons (Fsp3) is 0.519. The third-order valence-electron chi connectivity index (χ3n) is 7.00. The number of amides is 1. The minimum atomic E-state index is -0.0886. The summed E-state index contributed by atoms with van der Waals surface area (Å²) >= 11 is 6.44. The van der Waals surface area contributed by atoms with Gasteiger partial charge in [0.25, 0.3) is 5.91 Å². The van der Waals surface area contributed by atoms with Crippen molar-refractivity contribution in [2.75, 3.05) is 39.3 Å². The first-order chi connectivity index (χ1) is 15.6. The van der Waals surface area contributed by atoms with Gasteiger partial charge in [0.15, 0.2) is 0 Å². The molecule has 2 aliphatic rings. The third-order valence-corrected chi connectivity index (χ3v) is 7.31. The summed E-state index contributed by atoms with van der Waals surface area (Å²) in [5, 5.41) is 3.55. The molecule has 4 rings (SSSR count). The zero-order valence-corrected chi connectivity index (χ0v) is 20.0. The van der Waals surface area contributed by atoms with E-state index in [0.29, 0.717) is 17.1 Å². The van der Waals surface area contributed by atoms with Crippen molar-refractivity contribution in [1.29, 1.82) is 0 Å². The Kier molecular flexibility index (Phi) is 8.23. The third kappa shape index (κ3) is 6.12. The molecule has 0 aromatic heterocycles. The van der Waals surface area contributed by atoms with E-state index in [9.17, 15) is 4.79 Å². The van der Waals surface area contributed by atoms with Gasteiger partial charge in [-0.3, -0.25) is 4.79 Å². The molecule has 0 saturated carbocycles. The summed E-state index contributed by atoms with van der Waals surface area (Å²) in [5.74, 6) is -0.0886. The minimum Gasteiger partial charge on any atom is -0.352 e. The van der Waals surface area contributed by atoms with Gasteiger partial charge in [0.05, 0.1) is 10.6 Å². The summed E-state index contributed by atoms with van der Waals surface area (Å²) in [6, 6.07) is 14.8. The second kappa shape index (κ2) is 11.3. The molecule has 0 atom stereocenters. The summed E-state index contributed by atoms with van der Waals surface area (Å²) in [6.45, 7) is 8.76. The average Bonchev–Trinajstić information content (AvgIpc) is 2.83. The summed E-state index contributed by atoms with van der Waals surface area (Å²) in [7, 11) is 0. The SMILES string of the molecule is Cc1ccc(-c2ccc(C(=O)NCCCN3CCC(N4CCCCC4)CC3)c(Cl)c2)cc1. The van der Waals surface area contributed by atoms with E-state index in [1.807, 2.05) is 18.2 Å². The molecule has 172 valence electrons. The van der Waals surface area contributed by atoms with Crippen molar-refractivity contribution < 1.29 is 4.79 Å². The topological polar surface area (TPSA) is 35.6 Å². The van der Waals surface area contributed by atoms with Crippen LogP contribution in [-0.2, 0) is 0 Å². The van der Waals surface area contributed by atoms with Crippen LogP contribution in [0.25, 0.3) is 11.1 Å². The Morgan fingerprint density at radius 3 is 2.34 bits per heavy atom. The van der Waals surface area contributed by atoms with Crippen molar-refractivity contribution in [1.82, 2.24) is 15.1 Å². The quantitative estimate of drug-likeness (QED) is 0.571. The standard InChI is InChI=1S/C27H36ClN3O/c1-21-6-8-22(9-7-21)23-10-11-25(26(28)20-23)27(32)29-14-5-15-30-18-12-24(13-19-30)31-16-3-2-4-17-31/h6-11,20,24H,2-5,12-19H2,1H3,(H,29,32). The highest BCUT2D eigenvalue weighted by atomic mass is 35.5. The first-order valence-electron chi connectivity index (χ1n) is 12.2. The normalized spacial score (nSPS) is 18.6. The van der Waals surface area contributed by atoms with Crippen LogP contribution in [-0.4, -0.2) is 61.0 Å². The Morgan fingerprint density at radius 2 is 1.66 bits per heavy atom. The average molecular weight is 454 g/mol. The molecule has 0 unspecified atom stereocenters. The molecule has 1 amide bonds. The second-order valence-corrected chi connectivity index (χ2v) is 9.75. The van der Waals surface area contributed by atoms with Crippen molar-refractivity contribution in [3.8, 4) is 11.1 Å². The molecular weight excluding hydrogens is 418 g/mol. The van der Waals surface area contributed by atoms with Crippen LogP contribution in [0.3, 0.4) is 0 Å². The van der Waals surface area contributed by atoms with Gasteiger partial charge in [-0.25, -0.2) is 0 Å². The number of benzene rings is 2. The van der Waals surface area contributed by atoms with Crippen LogP contribution in [0.4, 0.5) is 0 Å². The van der Waals surface area contributed by atoms with E-state index in [2.05, 4.69) is 46.3 Å². The number of rotatable bonds is 7. The predicted octanol–water partition coefficient (Wildman–Crippen LogP) is 5.39. The van der Waals surface area contributed by atoms with E-state index in [1.54, 1.807) is 0 Å². The van der Waals surface area contributed by atoms with Crippen LogP contribution < -0.4 is 5.32 Å². The number of halogens is 1. The number of hydrogen-bond donors (Lipinski definition) is 1. The Morgan fingerprint density at radius 1 is 0.969 bits per heavy atom. The first-order valence-corrected chi connectivity index (χ1v) is 12.6. The van der Waals surface area contributed by atoms with Crippen LogP contribution in [0.1, 0.15) is 54.4 Å². The van der Waals surface area contributed by atoms with Crippen molar-refractivity contribution in [2.45, 2.75) is 51.5 Å². The molecular formula is C27H36ClN3O. The summed E-state index contributed by atoms with van der Waals surface area (Å²) in [5.41, 5.74) is 3.90. The van der Waals surface area contributed by atoms with Gasteiger partial charge in [0, 0.05) is 12.6 Å². The molecule has 2 saturated heterocycles. The molecule has 1 N–H and O–H groups in total. The zero-order chi connectivity index (χ0) is 22.3.